The average Bonchev–Trinajstić information content (AvgIpc) is 2.91. The minimum absolute atomic E-state index is 0.0447. The molecule has 1 saturated carbocycles. The fraction of sp³-hybridized carbons (Fsp3) is 0.357. The number of aliphatic imine (C=N–C) groups is 1. The SMILES string of the molecule is CCc1ccc(C(=N)N(CCC(F)(F)F)C(=O)NC/C(N)=C2\CCC(O)(C(N)=O)CC2=Nc2cccc(Cl)c2)cc1. The van der Waals surface area contributed by atoms with Crippen LogP contribution in [0.25, 0.3) is 0 Å². The first kappa shape index (κ1) is 31.6. The summed E-state index contributed by atoms with van der Waals surface area (Å²) in [5, 5.41) is 22.1. The van der Waals surface area contributed by atoms with Crippen LogP contribution in [-0.4, -0.2) is 58.4 Å². The molecule has 0 radical (unpaired) electrons. The number of allylic oxidation sites excluding steroid dienone is 1. The first-order chi connectivity index (χ1) is 19.2. The van der Waals surface area contributed by atoms with Crippen LogP contribution in [0.2, 0.25) is 5.02 Å². The zero-order valence-corrected chi connectivity index (χ0v) is 23.1. The van der Waals surface area contributed by atoms with E-state index in [-0.39, 0.29) is 42.8 Å². The standard InChI is InChI=1S/C28H32ClF3N6O3/c1-2-17-6-8-18(9-7-17)24(34)38(13-12-28(30,31)32)26(40)36-16-22(33)21-10-11-27(41,25(35)39)15-23(21)37-20-5-3-4-19(29)14-20/h3-9,14,34,41H,2,10-13,15-16,33H2,1H3,(H2,35,39)(H,36,40)/b22-21-,34-24?,37-23?. The predicted molar refractivity (Wildman–Crippen MR) is 151 cm³/mol. The number of carbonyl (C=O) groups excluding carboxylic acids is 2. The second-order valence-electron chi connectivity index (χ2n) is 9.69. The van der Waals surface area contributed by atoms with Gasteiger partial charge in [-0.2, -0.15) is 13.2 Å². The van der Waals surface area contributed by atoms with E-state index >= 15 is 0 Å². The third-order valence-electron chi connectivity index (χ3n) is 6.71. The zero-order valence-electron chi connectivity index (χ0n) is 22.4. The van der Waals surface area contributed by atoms with E-state index in [2.05, 4.69) is 10.3 Å². The molecule has 3 amide bonds. The number of alkyl halides is 3. The Morgan fingerprint density at radius 3 is 2.46 bits per heavy atom. The van der Waals surface area contributed by atoms with Crippen molar-refractivity contribution in [1.29, 1.82) is 5.41 Å². The van der Waals surface area contributed by atoms with Crippen molar-refractivity contribution in [3.63, 3.8) is 0 Å². The molecular weight excluding hydrogens is 561 g/mol. The molecule has 41 heavy (non-hydrogen) atoms. The summed E-state index contributed by atoms with van der Waals surface area (Å²) in [4.78, 5) is 30.2. The smallest absolute Gasteiger partial charge is 0.390 e. The Morgan fingerprint density at radius 2 is 1.88 bits per heavy atom. The molecule has 1 unspecified atom stereocenters. The van der Waals surface area contributed by atoms with E-state index in [0.29, 0.717) is 21.2 Å². The Labute approximate surface area is 240 Å². The molecule has 1 aliphatic carbocycles. The molecule has 1 aliphatic rings. The Kier molecular flexibility index (Phi) is 10.2. The highest BCUT2D eigenvalue weighted by Gasteiger charge is 2.40. The van der Waals surface area contributed by atoms with Gasteiger partial charge in [-0.3, -0.25) is 20.1 Å². The number of halogens is 4. The largest absolute Gasteiger partial charge is 0.400 e. The number of aryl methyl sites for hydroxylation is 1. The summed E-state index contributed by atoms with van der Waals surface area (Å²) in [5.74, 6) is -1.32. The predicted octanol–water partition coefficient (Wildman–Crippen LogP) is 4.58. The Bertz CT molecular complexity index is 1360. The van der Waals surface area contributed by atoms with Gasteiger partial charge >= 0.3 is 12.2 Å². The van der Waals surface area contributed by atoms with E-state index in [1.165, 1.54) is 0 Å². The number of amidine groups is 1. The summed E-state index contributed by atoms with van der Waals surface area (Å²) < 4.78 is 39.1. The minimum Gasteiger partial charge on any atom is -0.400 e. The Hall–Kier alpha value is -3.90. The van der Waals surface area contributed by atoms with Crippen molar-refractivity contribution in [2.45, 2.75) is 50.8 Å². The highest BCUT2D eigenvalue weighted by molar-refractivity contribution is 6.30. The van der Waals surface area contributed by atoms with Gasteiger partial charge in [-0.25, -0.2) is 4.79 Å². The highest BCUT2D eigenvalue weighted by Crippen LogP contribution is 2.33. The van der Waals surface area contributed by atoms with Gasteiger partial charge in [-0.05, 0) is 48.6 Å². The first-order valence-corrected chi connectivity index (χ1v) is 13.2. The van der Waals surface area contributed by atoms with Gasteiger partial charge in [0.2, 0.25) is 5.91 Å². The van der Waals surface area contributed by atoms with Crippen LogP contribution in [0, 0.1) is 5.41 Å². The number of nitrogens with one attached hydrogen (secondary N) is 2. The number of urea groups is 1. The van der Waals surface area contributed by atoms with Gasteiger partial charge in [0.25, 0.3) is 0 Å². The third-order valence-corrected chi connectivity index (χ3v) is 6.95. The number of aliphatic hydroxyl groups is 1. The van der Waals surface area contributed by atoms with E-state index in [9.17, 15) is 27.9 Å². The van der Waals surface area contributed by atoms with E-state index < -0.39 is 42.5 Å². The van der Waals surface area contributed by atoms with Gasteiger partial charge in [0.05, 0.1) is 18.7 Å². The van der Waals surface area contributed by atoms with Crippen molar-refractivity contribution >= 4 is 40.8 Å². The summed E-state index contributed by atoms with van der Waals surface area (Å²) in [6, 6.07) is 12.2. The minimum atomic E-state index is -4.54. The molecule has 0 aliphatic heterocycles. The van der Waals surface area contributed by atoms with Gasteiger partial charge in [0.1, 0.15) is 11.4 Å². The normalized spacial score (nSPS) is 19.5. The maximum Gasteiger partial charge on any atom is 0.390 e. The summed E-state index contributed by atoms with van der Waals surface area (Å²) in [5.41, 5.74) is 12.4. The van der Waals surface area contributed by atoms with E-state index in [0.717, 1.165) is 12.0 Å². The summed E-state index contributed by atoms with van der Waals surface area (Å²) in [6.07, 6.45) is -5.31. The maximum atomic E-state index is 13.1. The van der Waals surface area contributed by atoms with Gasteiger partial charge < -0.3 is 21.9 Å². The number of hydrogen-bond donors (Lipinski definition) is 5. The molecule has 9 nitrogen and oxygen atoms in total. The second-order valence-corrected chi connectivity index (χ2v) is 10.1. The van der Waals surface area contributed by atoms with E-state index in [4.69, 9.17) is 28.5 Å². The summed E-state index contributed by atoms with van der Waals surface area (Å²) in [6.45, 7) is 0.879. The van der Waals surface area contributed by atoms with Crippen molar-refractivity contribution in [2.24, 2.45) is 16.5 Å². The molecular formula is C28H32ClF3N6O3. The molecule has 0 bridgehead atoms. The molecule has 3 rings (SSSR count). The van der Waals surface area contributed by atoms with Gasteiger partial charge in [0.15, 0.2) is 0 Å². The van der Waals surface area contributed by atoms with Crippen LogP contribution in [0.1, 0.15) is 43.7 Å². The number of benzene rings is 2. The highest BCUT2D eigenvalue weighted by atomic mass is 35.5. The van der Waals surface area contributed by atoms with Crippen LogP contribution in [-0.2, 0) is 11.2 Å². The lowest BCUT2D eigenvalue weighted by molar-refractivity contribution is -0.136. The summed E-state index contributed by atoms with van der Waals surface area (Å²) in [7, 11) is 0. The fourth-order valence-corrected chi connectivity index (χ4v) is 4.48. The molecule has 13 heteroatoms. The molecule has 7 N–H and O–H groups in total. The lowest BCUT2D eigenvalue weighted by Crippen LogP contribution is -2.49. The van der Waals surface area contributed by atoms with Crippen LogP contribution in [0.3, 0.4) is 0 Å². The monoisotopic (exact) mass is 592 g/mol. The zero-order chi connectivity index (χ0) is 30.4. The van der Waals surface area contributed by atoms with Crippen LogP contribution >= 0.6 is 11.6 Å². The van der Waals surface area contributed by atoms with Crippen molar-refractivity contribution in [2.75, 3.05) is 13.1 Å². The molecule has 0 heterocycles. The molecule has 0 spiro atoms. The second kappa shape index (κ2) is 13.2. The van der Waals surface area contributed by atoms with Crippen LogP contribution in [0.4, 0.5) is 23.7 Å². The summed E-state index contributed by atoms with van der Waals surface area (Å²) >= 11 is 6.05. The van der Waals surface area contributed by atoms with E-state index in [1.54, 1.807) is 48.5 Å². The molecule has 1 fully saturated rings. The number of rotatable bonds is 8. The quantitative estimate of drug-likeness (QED) is 0.224. The van der Waals surface area contributed by atoms with Gasteiger partial charge in [-0.1, -0.05) is 48.9 Å². The number of nitrogens with zero attached hydrogens (tertiary/aromatic N) is 2. The average molecular weight is 593 g/mol. The van der Waals surface area contributed by atoms with Crippen molar-refractivity contribution < 1.29 is 27.9 Å². The molecule has 0 aromatic heterocycles. The van der Waals surface area contributed by atoms with Crippen molar-refractivity contribution in [1.82, 2.24) is 10.2 Å². The lowest BCUT2D eigenvalue weighted by Gasteiger charge is -2.32. The molecule has 2 aromatic carbocycles. The maximum absolute atomic E-state index is 13.1. The number of primary amides is 1. The number of nitrogens with two attached hydrogens (primary N) is 2. The number of amides is 3. The third kappa shape index (κ3) is 8.54. The lowest BCUT2D eigenvalue weighted by atomic mass is 9.79. The fourth-order valence-electron chi connectivity index (χ4n) is 4.29. The molecule has 220 valence electrons. The molecule has 2 aromatic rings. The van der Waals surface area contributed by atoms with E-state index in [1.807, 2.05) is 6.92 Å². The Balaban J connectivity index is 1.86. The van der Waals surface area contributed by atoms with Crippen molar-refractivity contribution in [3.05, 3.63) is 76.0 Å². The topological polar surface area (TPSA) is 158 Å². The molecule has 0 saturated heterocycles. The van der Waals surface area contributed by atoms with Crippen LogP contribution in [0.5, 0.6) is 0 Å². The number of hydrogen-bond acceptors (Lipinski definition) is 6. The van der Waals surface area contributed by atoms with Crippen LogP contribution in [0.15, 0.2) is 64.8 Å². The van der Waals surface area contributed by atoms with Crippen molar-refractivity contribution in [3.8, 4) is 0 Å². The van der Waals surface area contributed by atoms with Gasteiger partial charge in [-0.15, -0.1) is 0 Å². The van der Waals surface area contributed by atoms with Gasteiger partial charge in [0, 0.05) is 35.0 Å². The first-order valence-electron chi connectivity index (χ1n) is 12.9. The van der Waals surface area contributed by atoms with Crippen LogP contribution < -0.4 is 16.8 Å². The molecule has 1 atom stereocenters. The Morgan fingerprint density at radius 1 is 1.20 bits per heavy atom. The number of carbonyl (C=O) groups is 2.